The molecule has 2 aromatic carbocycles. The lowest BCUT2D eigenvalue weighted by molar-refractivity contribution is -0.117. The number of rotatable bonds is 7. The van der Waals surface area contributed by atoms with Gasteiger partial charge in [0, 0.05) is 29.2 Å². The van der Waals surface area contributed by atoms with Gasteiger partial charge in [-0.1, -0.05) is 29.5 Å². The summed E-state index contributed by atoms with van der Waals surface area (Å²) in [7, 11) is 0. The lowest BCUT2D eigenvalue weighted by atomic mass is 10.0. The lowest BCUT2D eigenvalue weighted by Crippen LogP contribution is -2.14. The Bertz CT molecular complexity index is 1300. The smallest absolute Gasteiger partial charge is 0.229 e. The second-order valence-electron chi connectivity index (χ2n) is 7.86. The van der Waals surface area contributed by atoms with E-state index in [4.69, 9.17) is 9.84 Å². The van der Waals surface area contributed by atoms with Crippen LogP contribution in [0.4, 0.5) is 9.52 Å². The van der Waals surface area contributed by atoms with Crippen LogP contribution in [0.3, 0.4) is 0 Å². The highest BCUT2D eigenvalue weighted by atomic mass is 32.1. The van der Waals surface area contributed by atoms with Crippen molar-refractivity contribution in [3.63, 3.8) is 0 Å². The fourth-order valence-corrected chi connectivity index (χ4v) is 4.49. The first-order chi connectivity index (χ1) is 16.0. The zero-order valence-electron chi connectivity index (χ0n) is 18.2. The summed E-state index contributed by atoms with van der Waals surface area (Å²) in [5.74, 6) is -0.532. The molecular weight excluding hydrogens is 441 g/mol. The van der Waals surface area contributed by atoms with Gasteiger partial charge in [-0.2, -0.15) is 5.10 Å². The van der Waals surface area contributed by atoms with Gasteiger partial charge in [0.25, 0.3) is 0 Å². The van der Waals surface area contributed by atoms with Crippen molar-refractivity contribution in [2.75, 3.05) is 11.9 Å². The van der Waals surface area contributed by atoms with E-state index < -0.39 is 5.82 Å². The topological polar surface area (TPSA) is 81.9 Å². The Morgan fingerprint density at radius 3 is 2.76 bits per heavy atom. The third kappa shape index (κ3) is 4.36. The number of benzene rings is 2. The van der Waals surface area contributed by atoms with Crippen LogP contribution in [0.25, 0.3) is 16.9 Å². The molecule has 1 N–H and O–H groups in total. The van der Waals surface area contributed by atoms with Gasteiger partial charge in [-0.25, -0.2) is 9.07 Å². The molecule has 0 aliphatic heterocycles. The molecule has 5 rings (SSSR count). The molecule has 0 spiro atoms. The predicted molar refractivity (Wildman–Crippen MR) is 124 cm³/mol. The Balaban J connectivity index is 1.47. The van der Waals surface area contributed by atoms with Crippen LogP contribution in [0.5, 0.6) is 5.75 Å². The Labute approximate surface area is 194 Å². The van der Waals surface area contributed by atoms with Gasteiger partial charge in [0.05, 0.1) is 18.0 Å². The summed E-state index contributed by atoms with van der Waals surface area (Å²) in [5, 5.41) is 16.8. The molecule has 4 aromatic rings. The Morgan fingerprint density at radius 2 is 2.06 bits per heavy atom. The van der Waals surface area contributed by atoms with Crippen LogP contribution in [-0.4, -0.2) is 32.5 Å². The van der Waals surface area contributed by atoms with Crippen molar-refractivity contribution in [1.29, 1.82) is 0 Å². The van der Waals surface area contributed by atoms with Gasteiger partial charge in [0.2, 0.25) is 11.0 Å². The SMILES string of the molecule is CCOc1ccc(-c2nn(-c3ccccc3)cc2C2CC2C(=O)Nc2nnc(C)s2)cc1F. The van der Waals surface area contributed by atoms with Gasteiger partial charge in [-0.15, -0.1) is 10.2 Å². The number of aromatic nitrogens is 4. The first kappa shape index (κ1) is 21.3. The van der Waals surface area contributed by atoms with E-state index in [2.05, 4.69) is 15.5 Å². The first-order valence-electron chi connectivity index (χ1n) is 10.7. The van der Waals surface area contributed by atoms with Crippen molar-refractivity contribution in [1.82, 2.24) is 20.0 Å². The second kappa shape index (κ2) is 8.74. The summed E-state index contributed by atoms with van der Waals surface area (Å²) in [6.07, 6.45) is 2.63. The summed E-state index contributed by atoms with van der Waals surface area (Å²) >= 11 is 1.34. The maximum Gasteiger partial charge on any atom is 0.229 e. The highest BCUT2D eigenvalue weighted by Crippen LogP contribution is 2.51. The van der Waals surface area contributed by atoms with Crippen molar-refractivity contribution in [2.45, 2.75) is 26.2 Å². The van der Waals surface area contributed by atoms with E-state index in [1.165, 1.54) is 17.4 Å². The summed E-state index contributed by atoms with van der Waals surface area (Å²) in [6.45, 7) is 4.04. The number of hydrogen-bond acceptors (Lipinski definition) is 6. The zero-order chi connectivity index (χ0) is 22.9. The summed E-state index contributed by atoms with van der Waals surface area (Å²) in [4.78, 5) is 12.8. The number of anilines is 1. The molecule has 9 heteroatoms. The third-order valence-electron chi connectivity index (χ3n) is 5.55. The van der Waals surface area contributed by atoms with Crippen LogP contribution in [0.15, 0.2) is 54.7 Å². The molecule has 1 amide bonds. The van der Waals surface area contributed by atoms with Crippen molar-refractivity contribution in [3.05, 3.63) is 71.1 Å². The van der Waals surface area contributed by atoms with Gasteiger partial charge < -0.3 is 10.1 Å². The van der Waals surface area contributed by atoms with Crippen molar-refractivity contribution in [2.24, 2.45) is 5.92 Å². The van der Waals surface area contributed by atoms with E-state index in [1.807, 2.05) is 50.4 Å². The molecule has 0 radical (unpaired) electrons. The van der Waals surface area contributed by atoms with Crippen LogP contribution in [0.2, 0.25) is 0 Å². The molecule has 1 aliphatic carbocycles. The van der Waals surface area contributed by atoms with E-state index in [0.29, 0.717) is 29.4 Å². The Kier molecular flexibility index (Phi) is 5.63. The largest absolute Gasteiger partial charge is 0.491 e. The van der Waals surface area contributed by atoms with Crippen LogP contribution < -0.4 is 10.1 Å². The number of ether oxygens (including phenoxy) is 1. The Hall–Kier alpha value is -3.59. The normalized spacial score (nSPS) is 17.1. The molecule has 0 saturated heterocycles. The standard InChI is InChI=1S/C24H22FN5O2S/c1-3-32-21-10-9-15(11-20(21)25)22-19(13-30(29-22)16-7-5-4-6-8-16)17-12-18(17)23(31)26-24-28-27-14(2)33-24/h4-11,13,17-18H,3,12H2,1-2H3,(H,26,28,31). The molecule has 0 bridgehead atoms. The summed E-state index contributed by atoms with van der Waals surface area (Å²) < 4.78 is 21.7. The van der Waals surface area contributed by atoms with Crippen molar-refractivity contribution >= 4 is 22.4 Å². The van der Waals surface area contributed by atoms with Gasteiger partial charge in [-0.05, 0) is 50.6 Å². The van der Waals surface area contributed by atoms with Gasteiger partial charge in [-0.3, -0.25) is 4.79 Å². The minimum Gasteiger partial charge on any atom is -0.491 e. The Morgan fingerprint density at radius 1 is 1.24 bits per heavy atom. The molecule has 2 atom stereocenters. The molecule has 168 valence electrons. The number of carbonyl (C=O) groups excluding carboxylic acids is 1. The maximum atomic E-state index is 14.6. The number of para-hydroxylation sites is 1. The molecule has 1 saturated carbocycles. The molecular formula is C24H22FN5O2S. The molecule has 33 heavy (non-hydrogen) atoms. The highest BCUT2D eigenvalue weighted by Gasteiger charge is 2.46. The van der Waals surface area contributed by atoms with Crippen LogP contribution >= 0.6 is 11.3 Å². The summed E-state index contributed by atoms with van der Waals surface area (Å²) in [6, 6.07) is 14.6. The van der Waals surface area contributed by atoms with Crippen LogP contribution in [0, 0.1) is 18.7 Å². The van der Waals surface area contributed by atoms with Gasteiger partial charge >= 0.3 is 0 Å². The van der Waals surface area contributed by atoms with Gasteiger partial charge in [0.1, 0.15) is 5.01 Å². The zero-order valence-corrected chi connectivity index (χ0v) is 19.0. The van der Waals surface area contributed by atoms with Crippen molar-refractivity contribution in [3.8, 4) is 22.7 Å². The maximum absolute atomic E-state index is 14.6. The summed E-state index contributed by atoms with van der Waals surface area (Å²) in [5.41, 5.74) is 3.11. The van der Waals surface area contributed by atoms with E-state index in [-0.39, 0.29) is 23.5 Å². The molecule has 1 fully saturated rings. The first-order valence-corrected chi connectivity index (χ1v) is 11.5. The number of hydrogen-bond donors (Lipinski definition) is 1. The predicted octanol–water partition coefficient (Wildman–Crippen LogP) is 4.98. The number of carbonyl (C=O) groups is 1. The van der Waals surface area contributed by atoms with E-state index >= 15 is 0 Å². The number of amides is 1. The molecule has 1 aliphatic rings. The molecule has 7 nitrogen and oxygen atoms in total. The molecule has 2 heterocycles. The van der Waals surface area contributed by atoms with E-state index in [0.717, 1.165) is 16.3 Å². The number of halogens is 1. The number of nitrogens with zero attached hydrogens (tertiary/aromatic N) is 4. The fourth-order valence-electron chi connectivity index (χ4n) is 3.89. The number of aryl methyl sites for hydroxylation is 1. The third-order valence-corrected chi connectivity index (χ3v) is 6.31. The molecule has 2 unspecified atom stereocenters. The second-order valence-corrected chi connectivity index (χ2v) is 9.04. The van der Waals surface area contributed by atoms with Gasteiger partial charge in [0.15, 0.2) is 11.6 Å². The lowest BCUT2D eigenvalue weighted by Gasteiger charge is -2.07. The number of nitrogens with one attached hydrogen (secondary N) is 1. The van der Waals surface area contributed by atoms with Crippen molar-refractivity contribution < 1.29 is 13.9 Å². The monoisotopic (exact) mass is 463 g/mol. The average Bonchev–Trinajstić information content (AvgIpc) is 3.32. The quantitative estimate of drug-likeness (QED) is 0.418. The van der Waals surface area contributed by atoms with Crippen LogP contribution in [0.1, 0.15) is 29.8 Å². The average molecular weight is 464 g/mol. The minimum absolute atomic E-state index is 0.0129. The minimum atomic E-state index is -0.439. The van der Waals surface area contributed by atoms with E-state index in [9.17, 15) is 9.18 Å². The van der Waals surface area contributed by atoms with E-state index in [1.54, 1.807) is 16.8 Å². The van der Waals surface area contributed by atoms with Crippen LogP contribution in [-0.2, 0) is 4.79 Å². The fraction of sp³-hybridized carbons (Fsp3) is 0.250. The highest BCUT2D eigenvalue weighted by molar-refractivity contribution is 7.15. The molecule has 2 aromatic heterocycles.